The van der Waals surface area contributed by atoms with Crippen molar-refractivity contribution in [3.05, 3.63) is 68.8 Å². The van der Waals surface area contributed by atoms with Gasteiger partial charge in [-0.2, -0.15) is 0 Å². The zero-order chi connectivity index (χ0) is 29.1. The standard InChI is InChI=1S/C29H29N5O7/c1-41-25-15-19(9-10-23(25)34(39)40)27(36)30-20-7-4-14-32(16-20)13-3-6-18-5-2-8-21-22(18)17-33(29(21)38)24-11-12-26(35)31-28(24)37/h2,5,8-10,15,20,24H,4,7,11-14,16-17H2,1H3,(H,30,36)(H,31,35,37)/t20-,24?/m1/s1. The number of nitrogens with zero attached hydrogens (tertiary/aromatic N) is 3. The lowest BCUT2D eigenvalue weighted by Crippen LogP contribution is -2.52. The molecule has 41 heavy (non-hydrogen) atoms. The molecule has 0 spiro atoms. The Kier molecular flexibility index (Phi) is 7.98. The first kappa shape index (κ1) is 27.8. The Labute approximate surface area is 236 Å². The van der Waals surface area contributed by atoms with E-state index in [-0.39, 0.29) is 53.7 Å². The second kappa shape index (κ2) is 11.8. The second-order valence-electron chi connectivity index (χ2n) is 10.2. The number of nitro benzene ring substituents is 1. The van der Waals surface area contributed by atoms with Crippen molar-refractivity contribution >= 4 is 29.3 Å². The minimum atomic E-state index is -0.680. The minimum absolute atomic E-state index is 0.0255. The molecule has 2 fully saturated rings. The van der Waals surface area contributed by atoms with Crippen LogP contribution in [0.1, 0.15) is 57.5 Å². The van der Waals surface area contributed by atoms with Crippen molar-refractivity contribution in [1.82, 2.24) is 20.4 Å². The normalized spacial score (nSPS) is 20.5. The summed E-state index contributed by atoms with van der Waals surface area (Å²) in [6.45, 7) is 2.14. The summed E-state index contributed by atoms with van der Waals surface area (Å²) in [6.07, 6.45) is 2.16. The van der Waals surface area contributed by atoms with Gasteiger partial charge in [0.15, 0.2) is 5.75 Å². The van der Waals surface area contributed by atoms with Crippen molar-refractivity contribution in [3.8, 4) is 17.6 Å². The lowest BCUT2D eigenvalue weighted by Gasteiger charge is -2.31. The Bertz CT molecular complexity index is 1490. The number of methoxy groups -OCH3 is 1. The van der Waals surface area contributed by atoms with E-state index in [9.17, 15) is 29.3 Å². The van der Waals surface area contributed by atoms with Crippen molar-refractivity contribution in [3.63, 3.8) is 0 Å². The first-order valence-corrected chi connectivity index (χ1v) is 13.4. The van der Waals surface area contributed by atoms with Gasteiger partial charge in [-0.05, 0) is 49.6 Å². The van der Waals surface area contributed by atoms with Gasteiger partial charge in [-0.3, -0.25) is 39.5 Å². The Morgan fingerprint density at radius 3 is 2.80 bits per heavy atom. The average Bonchev–Trinajstić information content (AvgIpc) is 3.29. The van der Waals surface area contributed by atoms with E-state index in [1.807, 2.05) is 6.07 Å². The molecule has 0 saturated carbocycles. The van der Waals surface area contributed by atoms with E-state index < -0.39 is 16.9 Å². The van der Waals surface area contributed by atoms with Gasteiger partial charge in [-0.25, -0.2) is 0 Å². The lowest BCUT2D eigenvalue weighted by molar-refractivity contribution is -0.385. The largest absolute Gasteiger partial charge is 0.490 e. The number of hydrogen-bond acceptors (Lipinski definition) is 8. The van der Waals surface area contributed by atoms with Gasteiger partial charge in [0.1, 0.15) is 6.04 Å². The van der Waals surface area contributed by atoms with E-state index in [4.69, 9.17) is 4.74 Å². The summed E-state index contributed by atoms with van der Waals surface area (Å²) in [4.78, 5) is 64.0. The maximum atomic E-state index is 13.0. The van der Waals surface area contributed by atoms with Gasteiger partial charge < -0.3 is 15.0 Å². The Morgan fingerprint density at radius 1 is 1.22 bits per heavy atom. The topological polar surface area (TPSA) is 151 Å². The molecule has 0 aromatic heterocycles. The van der Waals surface area contributed by atoms with E-state index in [0.29, 0.717) is 25.1 Å². The van der Waals surface area contributed by atoms with Gasteiger partial charge in [0.2, 0.25) is 11.8 Å². The van der Waals surface area contributed by atoms with Crippen LogP contribution in [0.15, 0.2) is 36.4 Å². The van der Waals surface area contributed by atoms with Crippen LogP contribution in [-0.4, -0.2) is 77.2 Å². The number of piperidine rings is 2. The van der Waals surface area contributed by atoms with E-state index in [1.54, 1.807) is 12.1 Å². The second-order valence-corrected chi connectivity index (χ2v) is 10.2. The molecule has 3 aliphatic rings. The molecule has 2 aromatic carbocycles. The summed E-state index contributed by atoms with van der Waals surface area (Å²) >= 11 is 0. The molecule has 5 rings (SSSR count). The molecule has 2 N–H and O–H groups in total. The Balaban J connectivity index is 1.20. The molecule has 12 heteroatoms. The van der Waals surface area contributed by atoms with E-state index in [2.05, 4.69) is 27.4 Å². The molecule has 0 bridgehead atoms. The van der Waals surface area contributed by atoms with Crippen LogP contribution in [0, 0.1) is 22.0 Å². The SMILES string of the molecule is COc1cc(C(=O)N[C@@H]2CCCN(CC#Cc3cccc4c3CN(C3CCC(=O)NC3=O)C4=O)C2)ccc1[N+](=O)[O-]. The molecule has 12 nitrogen and oxygen atoms in total. The lowest BCUT2D eigenvalue weighted by atomic mass is 10.0. The number of carbonyl (C=O) groups excluding carboxylic acids is 4. The van der Waals surface area contributed by atoms with Crippen LogP contribution in [0.4, 0.5) is 5.69 Å². The van der Waals surface area contributed by atoms with Gasteiger partial charge in [-0.1, -0.05) is 17.9 Å². The predicted octanol–water partition coefficient (Wildman–Crippen LogP) is 1.61. The first-order chi connectivity index (χ1) is 19.7. The molecule has 3 aliphatic heterocycles. The Hall–Kier alpha value is -4.76. The molecular formula is C29H29N5O7. The molecule has 2 saturated heterocycles. The smallest absolute Gasteiger partial charge is 0.310 e. The number of carbonyl (C=O) groups is 4. The maximum Gasteiger partial charge on any atom is 0.310 e. The molecule has 0 aliphatic carbocycles. The third-order valence-electron chi connectivity index (χ3n) is 7.59. The minimum Gasteiger partial charge on any atom is -0.490 e. The van der Waals surface area contributed by atoms with Crippen molar-refractivity contribution in [2.75, 3.05) is 26.7 Å². The highest BCUT2D eigenvalue weighted by atomic mass is 16.6. The number of ether oxygens (including phenoxy) is 1. The first-order valence-electron chi connectivity index (χ1n) is 13.4. The molecule has 0 radical (unpaired) electrons. The van der Waals surface area contributed by atoms with E-state index in [1.165, 1.54) is 30.2 Å². The Morgan fingerprint density at radius 2 is 2.05 bits per heavy atom. The number of imide groups is 1. The zero-order valence-electron chi connectivity index (χ0n) is 22.5. The van der Waals surface area contributed by atoms with Crippen LogP contribution in [-0.2, 0) is 16.1 Å². The van der Waals surface area contributed by atoms with Crippen molar-refractivity contribution in [1.29, 1.82) is 0 Å². The summed E-state index contributed by atoms with van der Waals surface area (Å²) in [5.41, 5.74) is 2.09. The third-order valence-corrected chi connectivity index (χ3v) is 7.59. The zero-order valence-corrected chi connectivity index (χ0v) is 22.5. The van der Waals surface area contributed by atoms with Gasteiger partial charge in [0.25, 0.3) is 11.8 Å². The molecule has 212 valence electrons. The van der Waals surface area contributed by atoms with Gasteiger partial charge >= 0.3 is 5.69 Å². The number of nitro groups is 1. The van der Waals surface area contributed by atoms with Crippen LogP contribution < -0.4 is 15.4 Å². The number of rotatable bonds is 6. The van der Waals surface area contributed by atoms with Gasteiger partial charge in [0, 0.05) is 54.4 Å². The van der Waals surface area contributed by atoms with Crippen LogP contribution >= 0.6 is 0 Å². The quantitative estimate of drug-likeness (QED) is 0.235. The van der Waals surface area contributed by atoms with Crippen LogP contribution in [0.5, 0.6) is 5.75 Å². The number of fused-ring (bicyclic) bond motifs is 1. The van der Waals surface area contributed by atoms with Crippen LogP contribution in [0.3, 0.4) is 0 Å². The fourth-order valence-electron chi connectivity index (χ4n) is 5.50. The van der Waals surface area contributed by atoms with Crippen molar-refractivity contribution in [2.24, 2.45) is 0 Å². The summed E-state index contributed by atoms with van der Waals surface area (Å²) in [5, 5.41) is 16.4. The highest BCUT2D eigenvalue weighted by molar-refractivity contribution is 6.05. The fourth-order valence-corrected chi connectivity index (χ4v) is 5.50. The highest BCUT2D eigenvalue weighted by Gasteiger charge is 2.39. The summed E-state index contributed by atoms with van der Waals surface area (Å²) in [6, 6.07) is 8.60. The summed E-state index contributed by atoms with van der Waals surface area (Å²) in [7, 11) is 1.32. The fraction of sp³-hybridized carbons (Fsp3) is 0.379. The number of likely N-dealkylation sites (tertiary alicyclic amines) is 1. The van der Waals surface area contributed by atoms with Gasteiger partial charge in [-0.15, -0.1) is 0 Å². The molecule has 1 unspecified atom stereocenters. The third kappa shape index (κ3) is 5.90. The van der Waals surface area contributed by atoms with Gasteiger partial charge in [0.05, 0.1) is 18.6 Å². The van der Waals surface area contributed by atoms with Crippen molar-refractivity contribution in [2.45, 2.75) is 44.3 Å². The number of nitrogens with one attached hydrogen (secondary N) is 2. The summed E-state index contributed by atoms with van der Waals surface area (Å²) in [5.74, 6) is 5.05. The maximum absolute atomic E-state index is 13.0. The number of amides is 4. The van der Waals surface area contributed by atoms with Crippen LogP contribution in [0.25, 0.3) is 0 Å². The van der Waals surface area contributed by atoms with E-state index >= 15 is 0 Å². The van der Waals surface area contributed by atoms with Crippen LogP contribution in [0.2, 0.25) is 0 Å². The molecule has 2 atom stereocenters. The van der Waals surface area contributed by atoms with Crippen molar-refractivity contribution < 1.29 is 28.8 Å². The molecule has 2 aromatic rings. The number of hydrogen-bond donors (Lipinski definition) is 2. The monoisotopic (exact) mass is 559 g/mol. The highest BCUT2D eigenvalue weighted by Crippen LogP contribution is 2.30. The predicted molar refractivity (Wildman–Crippen MR) is 146 cm³/mol. The van der Waals surface area contributed by atoms with E-state index in [0.717, 1.165) is 30.5 Å². The molecule has 3 heterocycles. The molecular weight excluding hydrogens is 530 g/mol. The average molecular weight is 560 g/mol. The molecule has 4 amide bonds. The summed E-state index contributed by atoms with van der Waals surface area (Å²) < 4.78 is 5.07. The number of benzene rings is 2.